The van der Waals surface area contributed by atoms with Gasteiger partial charge in [-0.3, -0.25) is 4.79 Å². The Bertz CT molecular complexity index is 1240. The summed E-state index contributed by atoms with van der Waals surface area (Å²) in [6.07, 6.45) is 0.242. The van der Waals surface area contributed by atoms with Crippen molar-refractivity contribution in [3.05, 3.63) is 80.8 Å². The van der Waals surface area contributed by atoms with Crippen LogP contribution in [0.1, 0.15) is 46.3 Å². The van der Waals surface area contributed by atoms with Gasteiger partial charge in [0, 0.05) is 31.2 Å². The van der Waals surface area contributed by atoms with E-state index in [0.29, 0.717) is 46.2 Å². The van der Waals surface area contributed by atoms with Crippen molar-refractivity contribution in [3.8, 4) is 6.07 Å². The Kier molecular flexibility index (Phi) is 7.21. The molecule has 3 aromatic carbocycles. The Morgan fingerprint density at radius 3 is 2.73 bits per heavy atom. The van der Waals surface area contributed by atoms with Crippen LogP contribution in [0.5, 0.6) is 0 Å². The third kappa shape index (κ3) is 4.85. The van der Waals surface area contributed by atoms with Crippen LogP contribution in [0.25, 0.3) is 10.8 Å². The number of rotatable bonds is 5. The first-order valence-electron chi connectivity index (χ1n) is 10.8. The molecule has 1 heterocycles. The van der Waals surface area contributed by atoms with Gasteiger partial charge in [-0.15, -0.1) is 0 Å². The number of ether oxygens (including phenoxy) is 1. The number of hydrogen-bond donors (Lipinski definition) is 1. The van der Waals surface area contributed by atoms with Crippen molar-refractivity contribution < 1.29 is 14.6 Å². The summed E-state index contributed by atoms with van der Waals surface area (Å²) in [6, 6.07) is 17.0. The van der Waals surface area contributed by atoms with Crippen molar-refractivity contribution in [1.29, 1.82) is 5.26 Å². The number of carbonyl (C=O) groups is 1. The van der Waals surface area contributed by atoms with Crippen LogP contribution < -0.4 is 0 Å². The molecule has 1 amide bonds. The van der Waals surface area contributed by atoms with Gasteiger partial charge < -0.3 is 14.7 Å². The van der Waals surface area contributed by atoms with E-state index in [2.05, 4.69) is 6.07 Å². The third-order valence-corrected chi connectivity index (χ3v) is 6.84. The standard InChI is InChI=1S/C26H24Cl2N2O3/c1-16-13-30(14-19(8-9-31)17-6-7-23(27)24(28)11-17)26(32)25-21-5-3-2-4-18(21)10-20(12-29)22(25)15-33-16/h2-7,10-11,16,19,31H,8-9,13-15H2,1H3/t16-,19-/m1/s1. The van der Waals surface area contributed by atoms with E-state index in [1.165, 1.54) is 0 Å². The Morgan fingerprint density at radius 2 is 2.00 bits per heavy atom. The van der Waals surface area contributed by atoms with Crippen molar-refractivity contribution in [3.63, 3.8) is 0 Å². The maximum absolute atomic E-state index is 14.0. The Morgan fingerprint density at radius 1 is 1.21 bits per heavy atom. The molecule has 0 fully saturated rings. The van der Waals surface area contributed by atoms with E-state index in [0.717, 1.165) is 16.3 Å². The second-order valence-corrected chi connectivity index (χ2v) is 9.14. The number of amides is 1. The summed E-state index contributed by atoms with van der Waals surface area (Å²) in [5.74, 6) is -0.286. The summed E-state index contributed by atoms with van der Waals surface area (Å²) < 4.78 is 6.03. The van der Waals surface area contributed by atoms with Crippen molar-refractivity contribution in [2.24, 2.45) is 0 Å². The minimum absolute atomic E-state index is 0.0307. The molecule has 0 saturated carbocycles. The van der Waals surface area contributed by atoms with Gasteiger partial charge in [-0.1, -0.05) is 53.5 Å². The van der Waals surface area contributed by atoms with E-state index in [4.69, 9.17) is 27.9 Å². The van der Waals surface area contributed by atoms with E-state index < -0.39 is 0 Å². The van der Waals surface area contributed by atoms with E-state index in [1.807, 2.05) is 43.3 Å². The average molecular weight is 483 g/mol. The van der Waals surface area contributed by atoms with Crippen LogP contribution in [0.3, 0.4) is 0 Å². The first kappa shape index (κ1) is 23.5. The number of halogens is 2. The van der Waals surface area contributed by atoms with Gasteiger partial charge in [-0.2, -0.15) is 5.26 Å². The van der Waals surface area contributed by atoms with Crippen LogP contribution in [0.4, 0.5) is 0 Å². The van der Waals surface area contributed by atoms with Gasteiger partial charge in [0.25, 0.3) is 5.91 Å². The van der Waals surface area contributed by atoms with Gasteiger partial charge in [0.05, 0.1) is 40.0 Å². The molecule has 0 aliphatic carbocycles. The van der Waals surface area contributed by atoms with Crippen molar-refractivity contribution in [2.45, 2.75) is 32.0 Å². The van der Waals surface area contributed by atoms with Crippen LogP contribution in [-0.4, -0.2) is 41.7 Å². The summed E-state index contributed by atoms with van der Waals surface area (Å²) in [4.78, 5) is 15.7. The molecule has 5 nitrogen and oxygen atoms in total. The molecule has 1 N–H and O–H groups in total. The SMILES string of the molecule is C[C@@H]1CN(C[C@@H](CCO)c2ccc(Cl)c(Cl)c2)C(=O)c2c(c(C#N)cc3ccccc23)CO1. The predicted octanol–water partition coefficient (Wildman–Crippen LogP) is 5.55. The number of fused-ring (bicyclic) bond motifs is 3. The van der Waals surface area contributed by atoms with E-state index >= 15 is 0 Å². The van der Waals surface area contributed by atoms with Gasteiger partial charge in [-0.25, -0.2) is 0 Å². The van der Waals surface area contributed by atoms with E-state index in [1.54, 1.807) is 17.0 Å². The molecule has 0 spiro atoms. The molecule has 0 aromatic heterocycles. The Balaban J connectivity index is 1.79. The van der Waals surface area contributed by atoms with Gasteiger partial charge in [-0.05, 0) is 47.9 Å². The summed E-state index contributed by atoms with van der Waals surface area (Å²) in [5.41, 5.74) is 2.47. The molecule has 170 valence electrons. The average Bonchev–Trinajstić information content (AvgIpc) is 2.81. The first-order valence-corrected chi connectivity index (χ1v) is 11.6. The maximum Gasteiger partial charge on any atom is 0.255 e. The normalized spacial score (nSPS) is 17.2. The number of aliphatic hydroxyl groups is 1. The van der Waals surface area contributed by atoms with Gasteiger partial charge >= 0.3 is 0 Å². The quantitative estimate of drug-likeness (QED) is 0.517. The van der Waals surface area contributed by atoms with E-state index in [-0.39, 0.29) is 31.1 Å². The molecule has 1 aliphatic heterocycles. The second-order valence-electron chi connectivity index (χ2n) is 8.33. The lowest BCUT2D eigenvalue weighted by Crippen LogP contribution is -2.42. The lowest BCUT2D eigenvalue weighted by molar-refractivity contribution is 0.0170. The Hall–Kier alpha value is -2.62. The highest BCUT2D eigenvalue weighted by Gasteiger charge is 2.30. The van der Waals surface area contributed by atoms with Gasteiger partial charge in [0.1, 0.15) is 0 Å². The maximum atomic E-state index is 14.0. The molecular weight excluding hydrogens is 459 g/mol. The molecule has 1 aliphatic rings. The first-order chi connectivity index (χ1) is 15.9. The molecule has 0 saturated heterocycles. The van der Waals surface area contributed by atoms with Crippen molar-refractivity contribution in [2.75, 3.05) is 19.7 Å². The van der Waals surface area contributed by atoms with Crippen LogP contribution in [0.2, 0.25) is 10.0 Å². The summed E-state index contributed by atoms with van der Waals surface area (Å²) in [6.45, 7) is 2.86. The number of benzene rings is 3. The minimum atomic E-state index is -0.219. The molecule has 3 aromatic rings. The summed E-state index contributed by atoms with van der Waals surface area (Å²) in [5, 5.41) is 22.0. The zero-order valence-corrected chi connectivity index (χ0v) is 19.7. The monoisotopic (exact) mass is 482 g/mol. The zero-order chi connectivity index (χ0) is 23.5. The lowest BCUT2D eigenvalue weighted by atomic mass is 9.91. The molecule has 0 unspecified atom stereocenters. The number of nitriles is 1. The Labute approximate surface area is 203 Å². The predicted molar refractivity (Wildman–Crippen MR) is 130 cm³/mol. The van der Waals surface area contributed by atoms with Gasteiger partial charge in [0.2, 0.25) is 0 Å². The van der Waals surface area contributed by atoms with Crippen molar-refractivity contribution >= 4 is 39.9 Å². The number of carbonyl (C=O) groups excluding carboxylic acids is 1. The topological polar surface area (TPSA) is 73.6 Å². The van der Waals surface area contributed by atoms with E-state index in [9.17, 15) is 15.2 Å². The molecule has 33 heavy (non-hydrogen) atoms. The highest BCUT2D eigenvalue weighted by atomic mass is 35.5. The van der Waals surface area contributed by atoms with Crippen molar-refractivity contribution in [1.82, 2.24) is 4.90 Å². The van der Waals surface area contributed by atoms with Crippen LogP contribution in [0, 0.1) is 11.3 Å². The van der Waals surface area contributed by atoms with Crippen LogP contribution >= 0.6 is 23.2 Å². The highest BCUT2D eigenvalue weighted by Crippen LogP contribution is 2.32. The fourth-order valence-corrected chi connectivity index (χ4v) is 4.73. The molecule has 0 radical (unpaired) electrons. The third-order valence-electron chi connectivity index (χ3n) is 6.10. The lowest BCUT2D eigenvalue weighted by Gasteiger charge is -2.33. The fraction of sp³-hybridized carbons (Fsp3) is 0.308. The molecule has 2 atom stereocenters. The number of aliphatic hydroxyl groups excluding tert-OH is 1. The zero-order valence-electron chi connectivity index (χ0n) is 18.2. The largest absolute Gasteiger partial charge is 0.396 e. The molecular formula is C26H24Cl2N2O3. The smallest absolute Gasteiger partial charge is 0.255 e. The van der Waals surface area contributed by atoms with Gasteiger partial charge in [0.15, 0.2) is 0 Å². The highest BCUT2D eigenvalue weighted by molar-refractivity contribution is 6.42. The van der Waals surface area contributed by atoms with Crippen LogP contribution in [0.15, 0.2) is 48.5 Å². The number of nitrogens with zero attached hydrogens (tertiary/aromatic N) is 2. The van der Waals surface area contributed by atoms with Crippen LogP contribution in [-0.2, 0) is 11.3 Å². The minimum Gasteiger partial charge on any atom is -0.396 e. The second kappa shape index (κ2) is 10.1. The summed E-state index contributed by atoms with van der Waals surface area (Å²) >= 11 is 12.3. The number of hydrogen-bond acceptors (Lipinski definition) is 4. The molecule has 0 bridgehead atoms. The molecule has 7 heteroatoms. The fourth-order valence-electron chi connectivity index (χ4n) is 4.42. The molecule has 4 rings (SSSR count). The summed E-state index contributed by atoms with van der Waals surface area (Å²) in [7, 11) is 0.